The minimum absolute atomic E-state index is 0.183. The normalized spacial score (nSPS) is 10.0. The molecular formula is C13H16ClNO2. The first-order valence-electron chi connectivity index (χ1n) is 5.69. The van der Waals surface area contributed by atoms with Gasteiger partial charge >= 0.3 is 5.97 Å². The highest BCUT2D eigenvalue weighted by molar-refractivity contribution is 6.33. The van der Waals surface area contributed by atoms with Crippen molar-refractivity contribution in [2.24, 2.45) is 0 Å². The second kappa shape index (κ2) is 7.07. The van der Waals surface area contributed by atoms with Crippen LogP contribution in [0.1, 0.15) is 38.2 Å². The van der Waals surface area contributed by atoms with Gasteiger partial charge in [0.15, 0.2) is 0 Å². The number of rotatable bonds is 5. The van der Waals surface area contributed by atoms with Gasteiger partial charge in [0.1, 0.15) is 0 Å². The Balaban J connectivity index is 2.49. The lowest BCUT2D eigenvalue weighted by Gasteiger charge is -2.06. The van der Waals surface area contributed by atoms with Gasteiger partial charge in [-0.2, -0.15) is 0 Å². The molecule has 0 fully saturated rings. The van der Waals surface area contributed by atoms with Crippen molar-refractivity contribution in [3.8, 4) is 0 Å². The Morgan fingerprint density at radius 2 is 2.06 bits per heavy atom. The van der Waals surface area contributed by atoms with Crippen molar-refractivity contribution < 1.29 is 9.53 Å². The van der Waals surface area contributed by atoms with Gasteiger partial charge in [0.25, 0.3) is 0 Å². The quantitative estimate of drug-likeness (QED) is 0.376. The van der Waals surface area contributed by atoms with E-state index in [1.54, 1.807) is 24.3 Å². The third kappa shape index (κ3) is 4.57. The highest BCUT2D eigenvalue weighted by Gasteiger charge is 2.11. The molecule has 0 bridgehead atoms. The van der Waals surface area contributed by atoms with Crippen molar-refractivity contribution in [2.75, 3.05) is 0 Å². The summed E-state index contributed by atoms with van der Waals surface area (Å²) in [5, 5.41) is 8.07. The van der Waals surface area contributed by atoms with Crippen LogP contribution < -0.4 is 0 Å². The van der Waals surface area contributed by atoms with E-state index in [-0.39, 0.29) is 11.9 Å². The van der Waals surface area contributed by atoms with Crippen molar-refractivity contribution in [2.45, 2.75) is 32.6 Å². The zero-order valence-corrected chi connectivity index (χ0v) is 10.6. The molecule has 1 aromatic carbocycles. The molecule has 0 aliphatic rings. The van der Waals surface area contributed by atoms with Crippen molar-refractivity contribution in [1.29, 1.82) is 5.41 Å². The molecule has 0 aliphatic carbocycles. The molecule has 92 valence electrons. The minimum atomic E-state index is -0.372. The van der Waals surface area contributed by atoms with Gasteiger partial charge < -0.3 is 4.74 Å². The second-order valence-electron chi connectivity index (χ2n) is 3.74. The SMILES string of the molecule is CCCCCC(=O)OC(=N)c1ccccc1Cl. The Morgan fingerprint density at radius 1 is 1.35 bits per heavy atom. The van der Waals surface area contributed by atoms with E-state index in [1.165, 1.54) is 0 Å². The molecule has 1 rings (SSSR count). The smallest absolute Gasteiger partial charge is 0.312 e. The molecule has 3 nitrogen and oxygen atoms in total. The maximum Gasteiger partial charge on any atom is 0.312 e. The zero-order chi connectivity index (χ0) is 12.7. The Kier molecular flexibility index (Phi) is 5.70. The first-order chi connectivity index (χ1) is 8.15. The van der Waals surface area contributed by atoms with E-state index < -0.39 is 0 Å². The van der Waals surface area contributed by atoms with E-state index in [0.717, 1.165) is 19.3 Å². The lowest BCUT2D eigenvalue weighted by atomic mass is 10.2. The predicted octanol–water partition coefficient (Wildman–Crippen LogP) is 3.79. The fourth-order valence-corrected chi connectivity index (χ4v) is 1.61. The van der Waals surface area contributed by atoms with Crippen LogP contribution in [0, 0.1) is 5.41 Å². The Hall–Kier alpha value is -1.35. The summed E-state index contributed by atoms with van der Waals surface area (Å²) in [6.45, 7) is 2.07. The van der Waals surface area contributed by atoms with Gasteiger partial charge in [-0.15, -0.1) is 0 Å². The molecule has 0 aliphatic heterocycles. The van der Waals surface area contributed by atoms with Gasteiger partial charge in [-0.25, -0.2) is 0 Å². The molecule has 1 N–H and O–H groups in total. The van der Waals surface area contributed by atoms with Crippen LogP contribution in [0.25, 0.3) is 0 Å². The van der Waals surface area contributed by atoms with Gasteiger partial charge in [0, 0.05) is 6.42 Å². The van der Waals surface area contributed by atoms with E-state index in [1.807, 2.05) is 0 Å². The van der Waals surface area contributed by atoms with Gasteiger partial charge in [0.05, 0.1) is 10.6 Å². The first kappa shape index (κ1) is 13.7. The van der Waals surface area contributed by atoms with Crippen LogP contribution in [0.2, 0.25) is 5.02 Å². The number of hydrogen-bond acceptors (Lipinski definition) is 3. The van der Waals surface area contributed by atoms with Crippen LogP contribution in [0.15, 0.2) is 24.3 Å². The molecule has 0 saturated carbocycles. The number of benzene rings is 1. The Labute approximate surface area is 106 Å². The van der Waals surface area contributed by atoms with E-state index in [0.29, 0.717) is 17.0 Å². The molecule has 0 saturated heterocycles. The largest absolute Gasteiger partial charge is 0.407 e. The van der Waals surface area contributed by atoms with Crippen LogP contribution in [0.5, 0.6) is 0 Å². The number of carbonyl (C=O) groups is 1. The average Bonchev–Trinajstić information content (AvgIpc) is 2.29. The van der Waals surface area contributed by atoms with E-state index in [2.05, 4.69) is 6.92 Å². The summed E-state index contributed by atoms with van der Waals surface area (Å²) >= 11 is 5.90. The molecule has 0 spiro atoms. The Morgan fingerprint density at radius 3 is 2.71 bits per heavy atom. The summed E-state index contributed by atoms with van der Waals surface area (Å²) in [5.41, 5.74) is 0.443. The number of carbonyl (C=O) groups excluding carboxylic acids is 1. The fraction of sp³-hybridized carbons (Fsp3) is 0.385. The predicted molar refractivity (Wildman–Crippen MR) is 68.5 cm³/mol. The first-order valence-corrected chi connectivity index (χ1v) is 6.07. The molecule has 0 radical (unpaired) electrons. The highest BCUT2D eigenvalue weighted by Crippen LogP contribution is 2.16. The van der Waals surface area contributed by atoms with Crippen molar-refractivity contribution in [3.63, 3.8) is 0 Å². The summed E-state index contributed by atoms with van der Waals surface area (Å²) in [4.78, 5) is 11.4. The molecule has 17 heavy (non-hydrogen) atoms. The number of ether oxygens (including phenoxy) is 1. The number of esters is 1. The van der Waals surface area contributed by atoms with E-state index in [9.17, 15) is 4.79 Å². The summed E-state index contributed by atoms with van der Waals surface area (Å²) < 4.78 is 4.92. The topological polar surface area (TPSA) is 50.2 Å². The number of hydrogen-bond donors (Lipinski definition) is 1. The van der Waals surface area contributed by atoms with Crippen molar-refractivity contribution >= 4 is 23.5 Å². The third-order valence-corrected chi connectivity index (χ3v) is 2.65. The monoisotopic (exact) mass is 253 g/mol. The maximum absolute atomic E-state index is 11.4. The fourth-order valence-electron chi connectivity index (χ4n) is 1.38. The molecule has 0 unspecified atom stereocenters. The molecule has 4 heteroatoms. The summed E-state index contributed by atoms with van der Waals surface area (Å²) in [6.07, 6.45) is 3.19. The summed E-state index contributed by atoms with van der Waals surface area (Å²) in [7, 11) is 0. The van der Waals surface area contributed by atoms with Gasteiger partial charge in [-0.3, -0.25) is 10.2 Å². The number of halogens is 1. The van der Waals surface area contributed by atoms with Gasteiger partial charge in [-0.05, 0) is 18.6 Å². The van der Waals surface area contributed by atoms with Gasteiger partial charge in [0.2, 0.25) is 5.90 Å². The molecule has 0 heterocycles. The van der Waals surface area contributed by atoms with Crippen molar-refractivity contribution in [3.05, 3.63) is 34.9 Å². The molecule has 0 aromatic heterocycles. The van der Waals surface area contributed by atoms with E-state index in [4.69, 9.17) is 21.7 Å². The maximum atomic E-state index is 11.4. The minimum Gasteiger partial charge on any atom is -0.407 e. The van der Waals surface area contributed by atoms with Crippen LogP contribution >= 0.6 is 11.6 Å². The number of unbranched alkanes of at least 4 members (excludes halogenated alkanes) is 2. The van der Waals surface area contributed by atoms with Crippen LogP contribution in [-0.4, -0.2) is 11.9 Å². The number of nitrogens with one attached hydrogen (secondary N) is 1. The van der Waals surface area contributed by atoms with Gasteiger partial charge in [-0.1, -0.05) is 43.5 Å². The van der Waals surface area contributed by atoms with E-state index >= 15 is 0 Å². The molecule has 1 aromatic rings. The second-order valence-corrected chi connectivity index (χ2v) is 4.15. The summed E-state index contributed by atoms with van der Waals surface area (Å²) in [6, 6.07) is 6.84. The van der Waals surface area contributed by atoms with Crippen LogP contribution in [-0.2, 0) is 9.53 Å². The zero-order valence-electron chi connectivity index (χ0n) is 9.83. The molecule has 0 amide bonds. The summed E-state index contributed by atoms with van der Waals surface area (Å²) in [5.74, 6) is -0.555. The van der Waals surface area contributed by atoms with Crippen molar-refractivity contribution in [1.82, 2.24) is 0 Å². The highest BCUT2D eigenvalue weighted by atomic mass is 35.5. The van der Waals surface area contributed by atoms with Crippen LogP contribution in [0.3, 0.4) is 0 Å². The third-order valence-electron chi connectivity index (χ3n) is 2.32. The lowest BCUT2D eigenvalue weighted by molar-refractivity contribution is -0.135. The van der Waals surface area contributed by atoms with Crippen LogP contribution in [0.4, 0.5) is 0 Å². The average molecular weight is 254 g/mol. The molecular weight excluding hydrogens is 238 g/mol. The lowest BCUT2D eigenvalue weighted by Crippen LogP contribution is -2.12. The standard InChI is InChI=1S/C13H16ClNO2/c1-2-3-4-9-12(16)17-13(15)10-7-5-6-8-11(10)14/h5-8,15H,2-4,9H2,1H3. The molecule has 0 atom stereocenters. The Bertz CT molecular complexity index is 404.